The van der Waals surface area contributed by atoms with Gasteiger partial charge in [-0.15, -0.1) is 0 Å². The van der Waals surface area contributed by atoms with Crippen LogP contribution in [0.4, 0.5) is 5.69 Å². The van der Waals surface area contributed by atoms with Crippen molar-refractivity contribution in [2.24, 2.45) is 0 Å². The molecule has 0 spiro atoms. The van der Waals surface area contributed by atoms with E-state index in [9.17, 15) is 14.7 Å². The Kier molecular flexibility index (Phi) is 5.63. The van der Waals surface area contributed by atoms with Crippen LogP contribution in [0.2, 0.25) is 10.0 Å². The summed E-state index contributed by atoms with van der Waals surface area (Å²) in [6.07, 6.45) is 2.68. The average Bonchev–Trinajstić information content (AvgIpc) is 2.27. The first-order valence-electron chi connectivity index (χ1n) is 4.62. The van der Waals surface area contributed by atoms with Gasteiger partial charge in [0.1, 0.15) is 6.61 Å². The van der Waals surface area contributed by atoms with Gasteiger partial charge in [0.05, 0.1) is 28.3 Å². The Morgan fingerprint density at radius 1 is 1.28 bits per heavy atom. The third-order valence-corrected chi connectivity index (χ3v) is 2.21. The number of nitrogens with one attached hydrogen (secondary N) is 2. The normalized spacial score (nSPS) is 9.89. The third kappa shape index (κ3) is 4.74. The van der Waals surface area contributed by atoms with Gasteiger partial charge >= 0.3 is 0 Å². The molecule has 0 atom stereocenters. The van der Waals surface area contributed by atoms with Crippen molar-refractivity contribution < 1.29 is 19.4 Å². The zero-order valence-electron chi connectivity index (χ0n) is 8.91. The molecule has 0 aliphatic rings. The highest BCUT2D eigenvalue weighted by atomic mass is 35.5. The van der Waals surface area contributed by atoms with E-state index in [0.717, 1.165) is 0 Å². The lowest BCUT2D eigenvalue weighted by Crippen LogP contribution is -2.35. The van der Waals surface area contributed by atoms with Crippen LogP contribution < -0.4 is 16.0 Å². The van der Waals surface area contributed by atoms with Crippen LogP contribution in [0.25, 0.3) is 0 Å². The van der Waals surface area contributed by atoms with Crippen molar-refractivity contribution in [3.05, 3.63) is 22.4 Å². The molecule has 0 bridgehead atoms. The second-order valence-corrected chi connectivity index (χ2v) is 3.83. The van der Waals surface area contributed by atoms with E-state index in [2.05, 4.69) is 20.6 Å². The molecular weight excluding hydrogens is 285 g/mol. The predicted octanol–water partition coefficient (Wildman–Crippen LogP) is -0.402. The Balaban J connectivity index is 2.40. The number of hydrazine groups is 1. The number of rotatable bonds is 6. The summed E-state index contributed by atoms with van der Waals surface area (Å²) >= 11 is 11.6. The molecule has 1 aromatic rings. The van der Waals surface area contributed by atoms with Crippen molar-refractivity contribution in [1.82, 2.24) is 10.4 Å². The fourth-order valence-corrected chi connectivity index (χ4v) is 1.39. The van der Waals surface area contributed by atoms with Gasteiger partial charge in [-0.3, -0.25) is 20.6 Å². The number of carbonyl (C=O) groups is 2. The predicted molar refractivity (Wildman–Crippen MR) is 61.8 cm³/mol. The van der Waals surface area contributed by atoms with Crippen molar-refractivity contribution in [3.63, 3.8) is 0 Å². The van der Waals surface area contributed by atoms with Crippen LogP contribution in [0.1, 0.15) is 0 Å². The molecule has 0 saturated carbocycles. The number of ether oxygens (including phenoxy) is 1. The first-order chi connectivity index (χ1) is 8.50. The Morgan fingerprint density at radius 3 is 2.44 bits per heavy atom. The Morgan fingerprint density at radius 2 is 1.89 bits per heavy atom. The highest BCUT2D eigenvalue weighted by Crippen LogP contribution is 2.27. The molecule has 1 rings (SSSR count). The second-order valence-electron chi connectivity index (χ2n) is 3.02. The summed E-state index contributed by atoms with van der Waals surface area (Å²) in [5.41, 5.74) is 4.98. The number of hydrogen-bond acceptors (Lipinski definition) is 6. The summed E-state index contributed by atoms with van der Waals surface area (Å²) in [7, 11) is 0. The van der Waals surface area contributed by atoms with E-state index in [1.807, 2.05) is 0 Å². The zero-order chi connectivity index (χ0) is 13.5. The molecule has 7 nitrogen and oxygen atoms in total. The summed E-state index contributed by atoms with van der Waals surface area (Å²) in [5, 5.41) is 10.5. The summed E-state index contributed by atoms with van der Waals surface area (Å²) < 4.78 is 4.51. The number of pyridine rings is 1. The van der Waals surface area contributed by atoms with E-state index >= 15 is 0 Å². The Labute approximate surface area is 112 Å². The van der Waals surface area contributed by atoms with Crippen molar-refractivity contribution >= 4 is 40.8 Å². The van der Waals surface area contributed by atoms with Gasteiger partial charge in [-0.25, -0.2) is 0 Å². The Bertz CT molecular complexity index is 435. The third-order valence-electron chi connectivity index (χ3n) is 1.63. The van der Waals surface area contributed by atoms with Gasteiger partial charge in [0.15, 0.2) is 0 Å². The zero-order valence-corrected chi connectivity index (χ0v) is 10.4. The smallest absolute Gasteiger partial charge is 0.264 e. The van der Waals surface area contributed by atoms with Crippen LogP contribution in [0.5, 0.6) is 0 Å². The number of carbonyl (C=O) groups excluding carboxylic acids is 2. The minimum atomic E-state index is -1.41. The molecule has 0 aromatic carbocycles. The number of nitrogens with zero attached hydrogens (tertiary/aromatic N) is 1. The SMILES string of the molecule is O=C([O-])COCC(=O)NNc1c(Cl)cncc1Cl. The lowest BCUT2D eigenvalue weighted by atomic mass is 10.4. The summed E-state index contributed by atoms with van der Waals surface area (Å²) in [6.45, 7) is -1.11. The van der Waals surface area contributed by atoms with Crippen molar-refractivity contribution in [2.45, 2.75) is 0 Å². The van der Waals surface area contributed by atoms with E-state index in [0.29, 0.717) is 0 Å². The van der Waals surface area contributed by atoms with E-state index in [4.69, 9.17) is 23.2 Å². The summed E-state index contributed by atoms with van der Waals surface area (Å²) in [4.78, 5) is 25.0. The summed E-state index contributed by atoms with van der Waals surface area (Å²) in [5.74, 6) is -2.00. The van der Waals surface area contributed by atoms with Gasteiger partial charge in [-0.05, 0) is 0 Å². The lowest BCUT2D eigenvalue weighted by molar-refractivity contribution is -0.309. The molecular formula is C9H8Cl2N3O4-. The van der Waals surface area contributed by atoms with Crippen molar-refractivity contribution in [3.8, 4) is 0 Å². The number of aromatic nitrogens is 1. The van der Waals surface area contributed by atoms with Gasteiger partial charge in [-0.1, -0.05) is 23.2 Å². The van der Waals surface area contributed by atoms with E-state index in [1.54, 1.807) is 0 Å². The second kappa shape index (κ2) is 7.00. The van der Waals surface area contributed by atoms with Crippen molar-refractivity contribution in [1.29, 1.82) is 0 Å². The van der Waals surface area contributed by atoms with Crippen LogP contribution in [-0.2, 0) is 14.3 Å². The van der Waals surface area contributed by atoms with E-state index < -0.39 is 25.1 Å². The average molecular weight is 293 g/mol. The number of anilines is 1. The molecule has 18 heavy (non-hydrogen) atoms. The first-order valence-corrected chi connectivity index (χ1v) is 5.37. The highest BCUT2D eigenvalue weighted by molar-refractivity contribution is 6.38. The molecule has 0 saturated heterocycles. The molecule has 1 heterocycles. The quantitative estimate of drug-likeness (QED) is 0.692. The topological polar surface area (TPSA) is 103 Å². The molecule has 98 valence electrons. The number of hydrogen-bond donors (Lipinski definition) is 2. The molecule has 0 aliphatic heterocycles. The summed E-state index contributed by atoms with van der Waals surface area (Å²) in [6, 6.07) is 0. The van der Waals surface area contributed by atoms with Gasteiger partial charge < -0.3 is 14.6 Å². The monoisotopic (exact) mass is 292 g/mol. The molecule has 2 N–H and O–H groups in total. The molecule has 9 heteroatoms. The fraction of sp³-hybridized carbons (Fsp3) is 0.222. The maximum absolute atomic E-state index is 11.2. The van der Waals surface area contributed by atoms with Gasteiger partial charge in [0.25, 0.3) is 5.91 Å². The fourth-order valence-electron chi connectivity index (χ4n) is 0.926. The van der Waals surface area contributed by atoms with Crippen LogP contribution in [0.3, 0.4) is 0 Å². The number of amides is 1. The maximum atomic E-state index is 11.2. The molecule has 1 aromatic heterocycles. The van der Waals surface area contributed by atoms with Crippen molar-refractivity contribution in [2.75, 3.05) is 18.6 Å². The van der Waals surface area contributed by atoms with Gasteiger partial charge in [-0.2, -0.15) is 0 Å². The van der Waals surface area contributed by atoms with Crippen LogP contribution >= 0.6 is 23.2 Å². The molecule has 1 amide bonds. The van der Waals surface area contributed by atoms with Crippen LogP contribution in [0.15, 0.2) is 12.4 Å². The number of carboxylic acids is 1. The number of aliphatic carboxylic acids is 1. The maximum Gasteiger partial charge on any atom is 0.264 e. The van der Waals surface area contributed by atoms with Gasteiger partial charge in [0.2, 0.25) is 0 Å². The lowest BCUT2D eigenvalue weighted by Gasteiger charge is -2.11. The molecule has 0 unspecified atom stereocenters. The van der Waals surface area contributed by atoms with Crippen LogP contribution in [-0.4, -0.2) is 30.1 Å². The molecule has 0 aliphatic carbocycles. The van der Waals surface area contributed by atoms with E-state index in [-0.39, 0.29) is 15.7 Å². The van der Waals surface area contributed by atoms with Crippen LogP contribution in [0, 0.1) is 0 Å². The number of halogens is 2. The molecule has 0 radical (unpaired) electrons. The number of carboxylic acid groups (broad SMARTS) is 1. The minimum absolute atomic E-state index is 0.221. The van der Waals surface area contributed by atoms with Gasteiger partial charge in [0, 0.05) is 12.4 Å². The van der Waals surface area contributed by atoms with E-state index in [1.165, 1.54) is 12.4 Å². The largest absolute Gasteiger partial charge is 0.548 e. The Hall–Kier alpha value is -1.57. The standard InChI is InChI=1S/C9H9Cl2N3O4/c10-5-1-12-2-6(11)9(5)14-13-7(15)3-18-4-8(16)17/h1-2H,3-4H2,(H,12,14)(H,13,15)(H,16,17)/p-1. The molecule has 0 fully saturated rings. The first kappa shape index (κ1) is 14.5. The minimum Gasteiger partial charge on any atom is -0.548 e. The highest BCUT2D eigenvalue weighted by Gasteiger charge is 2.07.